The van der Waals surface area contributed by atoms with Gasteiger partial charge in [-0.3, -0.25) is 0 Å². The summed E-state index contributed by atoms with van der Waals surface area (Å²) in [5, 5.41) is 4.07. The number of halogens is 1. The van der Waals surface area contributed by atoms with Gasteiger partial charge in [-0.05, 0) is 44.5 Å². The molecule has 0 spiro atoms. The number of nitrogens with zero attached hydrogens (tertiary/aromatic N) is 2. The van der Waals surface area contributed by atoms with E-state index in [2.05, 4.69) is 31.1 Å². The number of aromatic nitrogens is 1. The first-order chi connectivity index (χ1) is 9.85. The highest BCUT2D eigenvalue weighted by molar-refractivity contribution is 6.33. The molecule has 2 rings (SSSR count). The molecule has 21 heavy (non-hydrogen) atoms. The fourth-order valence-electron chi connectivity index (χ4n) is 1.93. The first-order valence-electron chi connectivity index (χ1n) is 6.98. The van der Waals surface area contributed by atoms with Crippen molar-refractivity contribution in [1.29, 1.82) is 0 Å². The van der Waals surface area contributed by atoms with E-state index < -0.39 is 0 Å². The first kappa shape index (κ1) is 15.9. The van der Waals surface area contributed by atoms with Gasteiger partial charge in [-0.1, -0.05) is 11.6 Å². The Labute approximate surface area is 131 Å². The van der Waals surface area contributed by atoms with Crippen molar-refractivity contribution >= 4 is 17.4 Å². The van der Waals surface area contributed by atoms with E-state index in [1.165, 1.54) is 0 Å². The van der Waals surface area contributed by atoms with Gasteiger partial charge in [0.25, 0.3) is 0 Å². The molecule has 2 aromatic rings. The van der Waals surface area contributed by atoms with Crippen molar-refractivity contribution in [2.75, 3.05) is 11.9 Å². The molecule has 0 aliphatic heterocycles. The number of furan rings is 1. The molecule has 0 saturated carbocycles. The van der Waals surface area contributed by atoms with Gasteiger partial charge < -0.3 is 14.6 Å². The van der Waals surface area contributed by atoms with Crippen LogP contribution in [0.3, 0.4) is 0 Å². The van der Waals surface area contributed by atoms with Gasteiger partial charge in [0.2, 0.25) is 0 Å². The predicted octanol–water partition coefficient (Wildman–Crippen LogP) is 3.85. The Hall–Kier alpha value is -1.52. The molecule has 0 aliphatic rings. The van der Waals surface area contributed by atoms with Crippen molar-refractivity contribution in [1.82, 2.24) is 10.3 Å². The minimum Gasteiger partial charge on any atom is -0.467 e. The smallest absolute Gasteiger partial charge is 0.147 e. The lowest BCUT2D eigenvalue weighted by Crippen LogP contribution is -2.35. The van der Waals surface area contributed by atoms with E-state index >= 15 is 0 Å². The highest BCUT2D eigenvalue weighted by atomic mass is 35.5. The van der Waals surface area contributed by atoms with Gasteiger partial charge in [-0.2, -0.15) is 0 Å². The van der Waals surface area contributed by atoms with E-state index in [9.17, 15) is 0 Å². The molecule has 0 aliphatic carbocycles. The molecule has 114 valence electrons. The fourth-order valence-corrected chi connectivity index (χ4v) is 2.26. The number of pyridine rings is 1. The van der Waals surface area contributed by atoms with Gasteiger partial charge in [0.05, 0.1) is 17.8 Å². The van der Waals surface area contributed by atoms with Crippen molar-refractivity contribution in [3.8, 4) is 0 Å². The van der Waals surface area contributed by atoms with Crippen molar-refractivity contribution < 1.29 is 4.42 Å². The van der Waals surface area contributed by atoms with Crippen LogP contribution < -0.4 is 10.2 Å². The summed E-state index contributed by atoms with van der Waals surface area (Å²) in [5.41, 5.74) is 1.14. The van der Waals surface area contributed by atoms with E-state index in [1.54, 1.807) is 6.26 Å². The Morgan fingerprint density at radius 1 is 1.38 bits per heavy atom. The van der Waals surface area contributed by atoms with E-state index in [0.717, 1.165) is 23.7 Å². The molecule has 0 atom stereocenters. The molecule has 0 saturated heterocycles. The molecule has 0 radical (unpaired) electrons. The molecule has 0 aromatic carbocycles. The molecule has 1 N–H and O–H groups in total. The average Bonchev–Trinajstić information content (AvgIpc) is 2.88. The van der Waals surface area contributed by atoms with E-state index in [-0.39, 0.29) is 5.54 Å². The van der Waals surface area contributed by atoms with Gasteiger partial charge in [-0.15, -0.1) is 0 Å². The summed E-state index contributed by atoms with van der Waals surface area (Å²) in [6, 6.07) is 5.77. The summed E-state index contributed by atoms with van der Waals surface area (Å²) < 4.78 is 5.34. The summed E-state index contributed by atoms with van der Waals surface area (Å²) in [6.07, 6.45) is 3.53. The maximum atomic E-state index is 6.35. The highest BCUT2D eigenvalue weighted by Gasteiger charge is 2.12. The summed E-state index contributed by atoms with van der Waals surface area (Å²) in [7, 11) is 1.95. The van der Waals surface area contributed by atoms with Crippen LogP contribution in [0.5, 0.6) is 0 Å². The minimum atomic E-state index is 0.0707. The van der Waals surface area contributed by atoms with Crippen LogP contribution in [0.25, 0.3) is 0 Å². The van der Waals surface area contributed by atoms with Crippen LogP contribution in [-0.2, 0) is 13.1 Å². The van der Waals surface area contributed by atoms with Crippen LogP contribution in [0.1, 0.15) is 32.1 Å². The third kappa shape index (κ3) is 4.76. The zero-order chi connectivity index (χ0) is 15.5. The molecule has 0 unspecified atom stereocenters. The Balaban J connectivity index is 2.04. The SMILES string of the molecule is CN(Cc1ccco1)c1ncc(CNC(C)(C)C)cc1Cl. The minimum absolute atomic E-state index is 0.0707. The third-order valence-electron chi connectivity index (χ3n) is 3.04. The number of hydrogen-bond donors (Lipinski definition) is 1. The van der Waals surface area contributed by atoms with Gasteiger partial charge in [0, 0.05) is 25.3 Å². The van der Waals surface area contributed by atoms with Gasteiger partial charge in [0.15, 0.2) is 0 Å². The van der Waals surface area contributed by atoms with Crippen LogP contribution in [0, 0.1) is 0 Å². The topological polar surface area (TPSA) is 41.3 Å². The van der Waals surface area contributed by atoms with E-state index in [4.69, 9.17) is 16.0 Å². The number of rotatable bonds is 5. The van der Waals surface area contributed by atoms with Crippen molar-refractivity contribution in [2.45, 2.75) is 39.4 Å². The highest BCUT2D eigenvalue weighted by Crippen LogP contribution is 2.24. The van der Waals surface area contributed by atoms with Crippen LogP contribution in [0.15, 0.2) is 35.1 Å². The molecule has 4 nitrogen and oxygen atoms in total. The molecular weight excluding hydrogens is 286 g/mol. The third-order valence-corrected chi connectivity index (χ3v) is 3.31. The van der Waals surface area contributed by atoms with Crippen LogP contribution in [0.2, 0.25) is 5.02 Å². The lowest BCUT2D eigenvalue weighted by atomic mass is 10.1. The van der Waals surface area contributed by atoms with Crippen LogP contribution in [-0.4, -0.2) is 17.6 Å². The van der Waals surface area contributed by atoms with E-state index in [0.29, 0.717) is 11.6 Å². The van der Waals surface area contributed by atoms with Crippen molar-refractivity contribution in [3.05, 3.63) is 47.0 Å². The Morgan fingerprint density at radius 3 is 2.71 bits per heavy atom. The Morgan fingerprint density at radius 2 is 2.14 bits per heavy atom. The summed E-state index contributed by atoms with van der Waals surface area (Å²) >= 11 is 6.35. The molecule has 0 amide bonds. The standard InChI is InChI=1S/C16H22ClN3O/c1-16(2,3)19-10-12-8-14(17)15(18-9-12)20(4)11-13-6-5-7-21-13/h5-9,19H,10-11H2,1-4H3. The zero-order valence-electron chi connectivity index (χ0n) is 13.0. The number of hydrogen-bond acceptors (Lipinski definition) is 4. The zero-order valence-corrected chi connectivity index (χ0v) is 13.7. The maximum absolute atomic E-state index is 6.35. The molecular formula is C16H22ClN3O. The van der Waals surface area contributed by atoms with Crippen LogP contribution in [0.4, 0.5) is 5.82 Å². The monoisotopic (exact) mass is 307 g/mol. The van der Waals surface area contributed by atoms with Crippen molar-refractivity contribution in [3.63, 3.8) is 0 Å². The van der Waals surface area contributed by atoms with E-state index in [1.807, 2.05) is 36.3 Å². The number of nitrogens with one attached hydrogen (secondary N) is 1. The maximum Gasteiger partial charge on any atom is 0.147 e. The lowest BCUT2D eigenvalue weighted by Gasteiger charge is -2.22. The second-order valence-electron chi connectivity index (χ2n) is 6.19. The fraction of sp³-hybridized carbons (Fsp3) is 0.438. The molecule has 5 heteroatoms. The lowest BCUT2D eigenvalue weighted by molar-refractivity contribution is 0.424. The number of anilines is 1. The molecule has 2 heterocycles. The van der Waals surface area contributed by atoms with Gasteiger partial charge in [0.1, 0.15) is 11.6 Å². The molecule has 2 aromatic heterocycles. The first-order valence-corrected chi connectivity index (χ1v) is 7.36. The molecule has 0 fully saturated rings. The summed E-state index contributed by atoms with van der Waals surface area (Å²) in [5.74, 6) is 1.64. The second kappa shape index (κ2) is 6.50. The Bertz CT molecular complexity index is 576. The van der Waals surface area contributed by atoms with Gasteiger partial charge >= 0.3 is 0 Å². The average molecular weight is 308 g/mol. The van der Waals surface area contributed by atoms with Crippen LogP contribution >= 0.6 is 11.6 Å². The quantitative estimate of drug-likeness (QED) is 0.911. The van der Waals surface area contributed by atoms with Gasteiger partial charge in [-0.25, -0.2) is 4.98 Å². The predicted molar refractivity (Wildman–Crippen MR) is 86.7 cm³/mol. The normalized spacial score (nSPS) is 11.7. The second-order valence-corrected chi connectivity index (χ2v) is 6.60. The summed E-state index contributed by atoms with van der Waals surface area (Å²) in [4.78, 5) is 6.45. The Kier molecular flexibility index (Phi) is 4.91. The largest absolute Gasteiger partial charge is 0.467 e. The summed E-state index contributed by atoms with van der Waals surface area (Å²) in [6.45, 7) is 7.78. The van der Waals surface area contributed by atoms with Crippen molar-refractivity contribution in [2.24, 2.45) is 0 Å². The molecule has 0 bridgehead atoms.